The van der Waals surface area contributed by atoms with E-state index in [9.17, 15) is 4.79 Å². The molecule has 4 atom stereocenters. The molecule has 36 heavy (non-hydrogen) atoms. The van der Waals surface area contributed by atoms with Crippen LogP contribution in [0.15, 0.2) is 42.5 Å². The van der Waals surface area contributed by atoms with Crippen molar-refractivity contribution in [1.29, 1.82) is 0 Å². The number of carbonyl (C=O) groups excluding carboxylic acids is 1. The molecule has 1 aromatic carbocycles. The Morgan fingerprint density at radius 3 is 2.61 bits per heavy atom. The van der Waals surface area contributed by atoms with Crippen molar-refractivity contribution < 1.29 is 9.78 Å². The highest BCUT2D eigenvalue weighted by Gasteiger charge is 2.53. The van der Waals surface area contributed by atoms with Gasteiger partial charge < -0.3 is 10.2 Å². The first-order valence-electron chi connectivity index (χ1n) is 14.4. The van der Waals surface area contributed by atoms with Crippen LogP contribution in [0.3, 0.4) is 0 Å². The number of aryl methyl sites for hydroxylation is 1. The fourth-order valence-corrected chi connectivity index (χ4v) is 8.34. The Bertz CT molecular complexity index is 1070. The van der Waals surface area contributed by atoms with Crippen LogP contribution in [0.5, 0.6) is 0 Å². The van der Waals surface area contributed by atoms with Crippen molar-refractivity contribution in [2.75, 3.05) is 19.6 Å². The van der Waals surface area contributed by atoms with E-state index in [1.165, 1.54) is 55.3 Å². The zero-order valence-corrected chi connectivity index (χ0v) is 22.2. The molecule has 2 aromatic rings. The van der Waals surface area contributed by atoms with Crippen LogP contribution in [-0.2, 0) is 16.6 Å². The molecule has 4 aliphatic rings. The minimum Gasteiger partial charge on any atom is -0.339 e. The predicted octanol–water partition coefficient (Wildman–Crippen LogP) is 5.69. The number of aromatic amines is 1. The molecular weight excluding hydrogens is 466 g/mol. The molecule has 2 saturated heterocycles. The highest BCUT2D eigenvalue weighted by Crippen LogP contribution is 2.47. The van der Waals surface area contributed by atoms with Crippen molar-refractivity contribution in [2.45, 2.75) is 88.0 Å². The number of halogens is 1. The quantitative estimate of drug-likeness (QED) is 0.429. The van der Waals surface area contributed by atoms with Crippen molar-refractivity contribution in [3.8, 4) is 0 Å². The number of benzene rings is 1. The Hall–Kier alpha value is -1.91. The SMILES string of the molecule is O=C([C@@H]1CNC[C@]12CCCc1[nH+]c(Cl)ccc12)N1CCC(c2ccccc2)CC1C1CCCCCC1. The number of H-pyrrole nitrogens is 1. The number of amides is 1. The lowest BCUT2D eigenvalue weighted by atomic mass is 9.65. The van der Waals surface area contributed by atoms with Gasteiger partial charge >= 0.3 is 0 Å². The number of nitrogens with zero attached hydrogens (tertiary/aromatic N) is 1. The fraction of sp³-hybridized carbons (Fsp3) is 0.613. The molecule has 1 spiro atoms. The van der Waals surface area contributed by atoms with Gasteiger partial charge in [-0.1, -0.05) is 56.0 Å². The van der Waals surface area contributed by atoms with E-state index >= 15 is 0 Å². The maximum absolute atomic E-state index is 14.6. The molecule has 1 saturated carbocycles. The number of pyridine rings is 1. The van der Waals surface area contributed by atoms with Crippen LogP contribution in [0, 0.1) is 11.8 Å². The largest absolute Gasteiger partial charge is 0.339 e. The summed E-state index contributed by atoms with van der Waals surface area (Å²) in [5, 5.41) is 4.34. The molecule has 3 heterocycles. The third-order valence-electron chi connectivity index (χ3n) is 9.97. The summed E-state index contributed by atoms with van der Waals surface area (Å²) >= 11 is 6.33. The summed E-state index contributed by atoms with van der Waals surface area (Å²) in [6.07, 6.45) is 13.3. The minimum absolute atomic E-state index is 0.00711. The number of carbonyl (C=O) groups is 1. The third-order valence-corrected chi connectivity index (χ3v) is 10.2. The third kappa shape index (κ3) is 4.49. The molecule has 2 unspecified atom stereocenters. The zero-order valence-electron chi connectivity index (χ0n) is 21.5. The highest BCUT2D eigenvalue weighted by molar-refractivity contribution is 6.28. The number of likely N-dealkylation sites (tertiary alicyclic amines) is 1. The molecule has 1 aromatic heterocycles. The number of fused-ring (bicyclic) bond motifs is 2. The van der Waals surface area contributed by atoms with E-state index in [1.54, 1.807) is 0 Å². The normalized spacial score (nSPS) is 31.2. The van der Waals surface area contributed by atoms with Gasteiger partial charge in [-0.25, -0.2) is 0 Å². The van der Waals surface area contributed by atoms with Crippen molar-refractivity contribution in [3.05, 3.63) is 64.4 Å². The van der Waals surface area contributed by atoms with Gasteiger partial charge in [-0.2, -0.15) is 4.98 Å². The van der Waals surface area contributed by atoms with Crippen LogP contribution in [0.25, 0.3) is 0 Å². The first kappa shape index (κ1) is 24.4. The van der Waals surface area contributed by atoms with Gasteiger partial charge in [-0.15, -0.1) is 0 Å². The second-order valence-corrected chi connectivity index (χ2v) is 12.3. The maximum atomic E-state index is 14.6. The van der Waals surface area contributed by atoms with E-state index in [4.69, 9.17) is 11.6 Å². The molecule has 192 valence electrons. The standard InChI is InChI=1S/C31H40ClN3O/c32-29-15-14-25-27(34-29)13-8-17-31(25)21-33-20-26(31)30(36)35-18-16-24(22-9-6-3-7-10-22)19-28(35)23-11-4-1-2-5-12-23/h3,6-7,9-10,14-15,23-24,26,28,33H,1-2,4-5,8,11-13,16-21H2/p+1/t24?,26-,28?,31-/m0/s1. The summed E-state index contributed by atoms with van der Waals surface area (Å²) in [5.41, 5.74) is 3.90. The smallest absolute Gasteiger partial charge is 0.273 e. The van der Waals surface area contributed by atoms with Crippen LogP contribution >= 0.6 is 11.6 Å². The van der Waals surface area contributed by atoms with Gasteiger partial charge in [-0.3, -0.25) is 4.79 Å². The lowest BCUT2D eigenvalue weighted by Gasteiger charge is -2.47. The lowest BCUT2D eigenvalue weighted by molar-refractivity contribution is -0.390. The van der Waals surface area contributed by atoms with E-state index in [0.29, 0.717) is 28.9 Å². The summed E-state index contributed by atoms with van der Waals surface area (Å²) in [5.74, 6) is 1.61. The summed E-state index contributed by atoms with van der Waals surface area (Å²) < 4.78 is 0. The van der Waals surface area contributed by atoms with Crippen molar-refractivity contribution in [3.63, 3.8) is 0 Å². The molecule has 4 nitrogen and oxygen atoms in total. The van der Waals surface area contributed by atoms with Gasteiger partial charge in [0.15, 0.2) is 5.69 Å². The Kier molecular flexibility index (Phi) is 7.09. The van der Waals surface area contributed by atoms with Gasteiger partial charge in [0.1, 0.15) is 0 Å². The van der Waals surface area contributed by atoms with E-state index in [1.807, 2.05) is 6.07 Å². The Morgan fingerprint density at radius 1 is 1.00 bits per heavy atom. The van der Waals surface area contributed by atoms with E-state index in [2.05, 4.69) is 51.6 Å². The minimum atomic E-state index is -0.115. The average molecular weight is 507 g/mol. The molecule has 0 bridgehead atoms. The van der Waals surface area contributed by atoms with Crippen LogP contribution in [0.1, 0.15) is 86.9 Å². The Morgan fingerprint density at radius 2 is 1.81 bits per heavy atom. The summed E-state index contributed by atoms with van der Waals surface area (Å²) in [6, 6.07) is 15.6. The van der Waals surface area contributed by atoms with E-state index in [0.717, 1.165) is 51.7 Å². The zero-order chi connectivity index (χ0) is 24.5. The molecular formula is C31H41ClN3O+. The van der Waals surface area contributed by atoms with Gasteiger partial charge in [0.2, 0.25) is 5.91 Å². The molecule has 1 amide bonds. The van der Waals surface area contributed by atoms with Crippen LogP contribution in [-0.4, -0.2) is 36.5 Å². The Balaban J connectivity index is 1.31. The van der Waals surface area contributed by atoms with Crippen molar-refractivity contribution >= 4 is 17.5 Å². The van der Waals surface area contributed by atoms with Crippen LogP contribution in [0.4, 0.5) is 0 Å². The first-order valence-corrected chi connectivity index (χ1v) is 14.8. The summed E-state index contributed by atoms with van der Waals surface area (Å²) in [6.45, 7) is 2.57. The number of hydrogen-bond acceptors (Lipinski definition) is 2. The summed E-state index contributed by atoms with van der Waals surface area (Å²) in [7, 11) is 0. The number of hydrogen-bond donors (Lipinski definition) is 1. The highest BCUT2D eigenvalue weighted by atomic mass is 35.5. The number of piperidine rings is 1. The van der Waals surface area contributed by atoms with E-state index in [-0.39, 0.29) is 11.3 Å². The van der Waals surface area contributed by atoms with Gasteiger partial charge in [0, 0.05) is 49.1 Å². The number of nitrogens with one attached hydrogen (secondary N) is 2. The van der Waals surface area contributed by atoms with Gasteiger partial charge in [-0.05, 0) is 73.6 Å². The van der Waals surface area contributed by atoms with E-state index < -0.39 is 0 Å². The van der Waals surface area contributed by atoms with Crippen LogP contribution in [0.2, 0.25) is 5.15 Å². The molecule has 2 aliphatic heterocycles. The summed E-state index contributed by atoms with van der Waals surface area (Å²) in [4.78, 5) is 20.4. The molecule has 5 heteroatoms. The van der Waals surface area contributed by atoms with Crippen molar-refractivity contribution in [2.24, 2.45) is 11.8 Å². The topological polar surface area (TPSA) is 46.5 Å². The number of aromatic nitrogens is 1. The molecule has 2 aliphatic carbocycles. The predicted molar refractivity (Wildman–Crippen MR) is 144 cm³/mol. The first-order chi connectivity index (χ1) is 17.7. The number of rotatable bonds is 3. The van der Waals surface area contributed by atoms with Gasteiger partial charge in [0.05, 0.1) is 5.92 Å². The molecule has 3 fully saturated rings. The molecule has 6 rings (SSSR count). The van der Waals surface area contributed by atoms with Crippen LogP contribution < -0.4 is 10.3 Å². The average Bonchev–Trinajstić information content (AvgIpc) is 3.13. The Labute approximate surface area is 221 Å². The lowest BCUT2D eigenvalue weighted by Crippen LogP contribution is -2.55. The fourth-order valence-electron chi connectivity index (χ4n) is 8.16. The molecule has 2 N–H and O–H groups in total. The molecule has 0 radical (unpaired) electrons. The monoisotopic (exact) mass is 506 g/mol. The second kappa shape index (κ2) is 10.5. The van der Waals surface area contributed by atoms with Gasteiger partial charge in [0.25, 0.3) is 5.15 Å². The maximum Gasteiger partial charge on any atom is 0.273 e. The second-order valence-electron chi connectivity index (χ2n) is 11.9. The van der Waals surface area contributed by atoms with Crippen molar-refractivity contribution in [1.82, 2.24) is 10.2 Å².